The van der Waals surface area contributed by atoms with E-state index < -0.39 is 22.2 Å². The van der Waals surface area contributed by atoms with Crippen molar-refractivity contribution in [1.29, 1.82) is 0 Å². The number of ether oxygens (including phenoxy) is 5. The van der Waals surface area contributed by atoms with Gasteiger partial charge in [0.15, 0.2) is 0 Å². The van der Waals surface area contributed by atoms with Crippen molar-refractivity contribution < 1.29 is 43.1 Å². The Kier molecular flexibility index (Phi) is 13.4. The second kappa shape index (κ2) is 18.6. The summed E-state index contributed by atoms with van der Waals surface area (Å²) in [6.45, 7) is 0.149. The molecule has 0 bridgehead atoms. The Bertz CT molecular complexity index is 1620. The van der Waals surface area contributed by atoms with Gasteiger partial charge >= 0.3 is 12.3 Å². The van der Waals surface area contributed by atoms with Crippen LogP contribution in [0.2, 0.25) is 0 Å². The monoisotopic (exact) mass is 668 g/mol. The first-order valence-corrected chi connectivity index (χ1v) is 15.0. The number of non-ortho nitro benzene ring substituents is 2. The number of hydrogen-bond acceptors (Lipinski definition) is 11. The summed E-state index contributed by atoms with van der Waals surface area (Å²) in [5.41, 5.74) is 3.53. The van der Waals surface area contributed by atoms with Crippen molar-refractivity contribution in [2.24, 2.45) is 0 Å². The van der Waals surface area contributed by atoms with Crippen molar-refractivity contribution in [3.8, 4) is 11.5 Å². The molecular formula is C36H32N2O11. The van der Waals surface area contributed by atoms with E-state index >= 15 is 0 Å². The van der Waals surface area contributed by atoms with Gasteiger partial charge in [-0.25, -0.2) is 9.59 Å². The highest BCUT2D eigenvalue weighted by atomic mass is 16.7. The molecule has 0 aliphatic rings. The third-order valence-corrected chi connectivity index (χ3v) is 6.82. The molecule has 0 aromatic heterocycles. The van der Waals surface area contributed by atoms with Crippen LogP contribution in [0.25, 0.3) is 0 Å². The highest BCUT2D eigenvalue weighted by molar-refractivity contribution is 5.64. The Labute approximate surface area is 281 Å². The van der Waals surface area contributed by atoms with Crippen LogP contribution in [0.5, 0.6) is 11.5 Å². The molecule has 0 radical (unpaired) electrons. The summed E-state index contributed by atoms with van der Waals surface area (Å²) in [5.74, 6) is 0.673. The zero-order valence-electron chi connectivity index (χ0n) is 26.2. The van der Waals surface area contributed by atoms with Gasteiger partial charge < -0.3 is 23.7 Å². The smallest absolute Gasteiger partial charge is 0.473 e. The minimum absolute atomic E-state index is 0.00247. The number of hydrogen-bond donors (Lipinski definition) is 0. The topological polar surface area (TPSA) is 167 Å². The molecule has 0 aliphatic carbocycles. The van der Waals surface area contributed by atoms with E-state index in [4.69, 9.17) is 23.7 Å². The third-order valence-electron chi connectivity index (χ3n) is 6.82. The second-order valence-corrected chi connectivity index (χ2v) is 10.3. The Morgan fingerprint density at radius 2 is 0.878 bits per heavy atom. The Morgan fingerprint density at radius 1 is 0.531 bits per heavy atom. The highest BCUT2D eigenvalue weighted by Gasteiger charge is 2.09. The number of benzene rings is 4. The van der Waals surface area contributed by atoms with Crippen LogP contribution >= 0.6 is 0 Å². The molecule has 0 saturated heterocycles. The second-order valence-electron chi connectivity index (χ2n) is 10.3. The maximum absolute atomic E-state index is 12.0. The van der Waals surface area contributed by atoms with Crippen LogP contribution in [-0.4, -0.2) is 35.4 Å². The quantitative estimate of drug-likeness (QED) is 0.0375. The molecule has 0 spiro atoms. The number of carbonyl (C=O) groups is 2. The first kappa shape index (κ1) is 35.4. The van der Waals surface area contributed by atoms with E-state index in [1.807, 2.05) is 36.4 Å². The fourth-order valence-electron chi connectivity index (χ4n) is 4.24. The summed E-state index contributed by atoms with van der Waals surface area (Å²) in [6.07, 6.45) is 7.10. The predicted molar refractivity (Wildman–Crippen MR) is 177 cm³/mol. The Balaban J connectivity index is 1.06. The number of nitro groups is 2. The number of allylic oxidation sites excluding steroid dienone is 2. The van der Waals surface area contributed by atoms with Gasteiger partial charge in [-0.3, -0.25) is 20.2 Å². The van der Waals surface area contributed by atoms with Crippen molar-refractivity contribution in [2.75, 3.05) is 13.2 Å². The summed E-state index contributed by atoms with van der Waals surface area (Å²) in [6, 6.07) is 25.9. The van der Waals surface area contributed by atoms with Crippen LogP contribution in [-0.2, 0) is 39.9 Å². The van der Waals surface area contributed by atoms with Crippen LogP contribution in [0.1, 0.15) is 22.3 Å². The van der Waals surface area contributed by atoms with E-state index in [9.17, 15) is 29.8 Å². The maximum Gasteiger partial charge on any atom is 0.513 e. The Morgan fingerprint density at radius 3 is 1.22 bits per heavy atom. The summed E-state index contributed by atoms with van der Waals surface area (Å²) < 4.78 is 25.9. The molecule has 13 nitrogen and oxygen atoms in total. The molecule has 252 valence electrons. The molecule has 0 N–H and O–H groups in total. The maximum atomic E-state index is 12.0. The third kappa shape index (κ3) is 12.7. The molecule has 4 rings (SSSR count). The molecule has 13 heteroatoms. The lowest BCUT2D eigenvalue weighted by Gasteiger charge is -2.07. The standard InChI is InChI=1S/C36H32N2O11/c39-35(46-25-21-29-5-13-31(14-6-29)37(41)42)48-33-17-9-27(10-18-33)3-1-23-45-24-2-4-28-11-19-34(20-12-28)49-36(40)47-26-22-30-7-15-32(16-8-30)38(43)44/h1-2,5-20,23-24H,3-4,21-22,25-26H2. The van der Waals surface area contributed by atoms with Gasteiger partial charge in [-0.15, -0.1) is 0 Å². The Hall–Kier alpha value is -6.50. The summed E-state index contributed by atoms with van der Waals surface area (Å²) in [5, 5.41) is 21.4. The molecule has 4 aromatic rings. The van der Waals surface area contributed by atoms with Crippen molar-refractivity contribution in [2.45, 2.75) is 25.7 Å². The predicted octanol–water partition coefficient (Wildman–Crippen LogP) is 7.85. The van der Waals surface area contributed by atoms with Gasteiger partial charge in [0.1, 0.15) is 11.5 Å². The lowest BCUT2D eigenvalue weighted by molar-refractivity contribution is -0.385. The number of nitro benzene ring substituents is 2. The summed E-state index contributed by atoms with van der Waals surface area (Å²) in [7, 11) is 0. The molecule has 49 heavy (non-hydrogen) atoms. The van der Waals surface area contributed by atoms with E-state index in [0.29, 0.717) is 37.2 Å². The number of nitrogens with zero attached hydrogens (tertiary/aromatic N) is 2. The summed E-state index contributed by atoms with van der Waals surface area (Å²) >= 11 is 0. The van der Waals surface area contributed by atoms with Crippen LogP contribution < -0.4 is 9.47 Å². The number of carbonyl (C=O) groups excluding carboxylic acids is 2. The SMILES string of the molecule is O=C(OCCc1ccc([N+](=O)[O-])cc1)Oc1ccc(CC=COC=CCc2ccc(OC(=O)OCCc3ccc([N+](=O)[O-])cc3)cc2)cc1. The van der Waals surface area contributed by atoms with Crippen molar-refractivity contribution in [3.63, 3.8) is 0 Å². The van der Waals surface area contributed by atoms with Crippen molar-refractivity contribution >= 4 is 23.7 Å². The normalized spacial score (nSPS) is 10.9. The van der Waals surface area contributed by atoms with Crippen LogP contribution in [0.15, 0.2) is 122 Å². The molecule has 0 saturated carbocycles. The average molecular weight is 669 g/mol. The molecule has 0 atom stereocenters. The van der Waals surface area contributed by atoms with Crippen molar-refractivity contribution in [3.05, 3.63) is 164 Å². The zero-order valence-corrected chi connectivity index (χ0v) is 26.2. The lowest BCUT2D eigenvalue weighted by atomic mass is 10.1. The molecule has 0 heterocycles. The molecular weight excluding hydrogens is 636 g/mol. The molecule has 0 amide bonds. The minimum atomic E-state index is -0.839. The molecule has 0 unspecified atom stereocenters. The minimum Gasteiger partial charge on any atom is -0.473 e. The van der Waals surface area contributed by atoms with Gasteiger partial charge in [0.05, 0.1) is 35.6 Å². The molecule has 4 aromatic carbocycles. The summed E-state index contributed by atoms with van der Waals surface area (Å²) in [4.78, 5) is 44.4. The first-order chi connectivity index (χ1) is 23.7. The fourth-order valence-corrected chi connectivity index (χ4v) is 4.24. The van der Waals surface area contributed by atoms with E-state index in [-0.39, 0.29) is 24.6 Å². The van der Waals surface area contributed by atoms with Gasteiger partial charge in [0.2, 0.25) is 0 Å². The highest BCUT2D eigenvalue weighted by Crippen LogP contribution is 2.17. The largest absolute Gasteiger partial charge is 0.513 e. The lowest BCUT2D eigenvalue weighted by Crippen LogP contribution is -2.12. The zero-order chi connectivity index (χ0) is 34.8. The van der Waals surface area contributed by atoms with Gasteiger partial charge in [-0.05, 0) is 71.5 Å². The van der Waals surface area contributed by atoms with Gasteiger partial charge in [-0.2, -0.15) is 0 Å². The van der Waals surface area contributed by atoms with Gasteiger partial charge in [0, 0.05) is 37.1 Å². The van der Waals surface area contributed by atoms with Crippen LogP contribution in [0, 0.1) is 20.2 Å². The van der Waals surface area contributed by atoms with E-state index in [2.05, 4.69) is 0 Å². The van der Waals surface area contributed by atoms with Crippen LogP contribution in [0.3, 0.4) is 0 Å². The fraction of sp³-hybridized carbons (Fsp3) is 0.167. The van der Waals surface area contributed by atoms with E-state index in [1.165, 1.54) is 24.3 Å². The number of rotatable bonds is 16. The van der Waals surface area contributed by atoms with Crippen molar-refractivity contribution in [1.82, 2.24) is 0 Å². The van der Waals surface area contributed by atoms with E-state index in [1.54, 1.807) is 61.1 Å². The van der Waals surface area contributed by atoms with Gasteiger partial charge in [0.25, 0.3) is 11.4 Å². The average Bonchev–Trinajstić information content (AvgIpc) is 3.09. The molecule has 0 fully saturated rings. The van der Waals surface area contributed by atoms with E-state index in [0.717, 1.165) is 22.3 Å². The van der Waals surface area contributed by atoms with Crippen LogP contribution in [0.4, 0.5) is 21.0 Å². The molecule has 0 aliphatic heterocycles. The van der Waals surface area contributed by atoms with Gasteiger partial charge in [-0.1, -0.05) is 48.5 Å². The first-order valence-electron chi connectivity index (χ1n) is 15.0.